The molecule has 0 saturated heterocycles. The van der Waals surface area contributed by atoms with Gasteiger partial charge >= 0.3 is 6.18 Å². The van der Waals surface area contributed by atoms with E-state index in [9.17, 15) is 13.2 Å². The van der Waals surface area contributed by atoms with E-state index in [-0.39, 0.29) is 12.0 Å². The van der Waals surface area contributed by atoms with E-state index < -0.39 is 17.8 Å². The van der Waals surface area contributed by atoms with E-state index in [4.69, 9.17) is 11.0 Å². The molecule has 5 heteroatoms. The molecule has 0 spiro atoms. The van der Waals surface area contributed by atoms with Crippen molar-refractivity contribution in [3.05, 3.63) is 23.3 Å². The smallest absolute Gasteiger partial charge is 0.324 e. The van der Waals surface area contributed by atoms with E-state index in [1.807, 2.05) is 0 Å². The van der Waals surface area contributed by atoms with Crippen LogP contribution in [0.1, 0.15) is 6.42 Å². The van der Waals surface area contributed by atoms with E-state index in [0.717, 1.165) is 6.08 Å². The van der Waals surface area contributed by atoms with E-state index >= 15 is 0 Å². The summed E-state index contributed by atoms with van der Waals surface area (Å²) in [6, 6.07) is 0.854. The lowest BCUT2D eigenvalue weighted by molar-refractivity contribution is -0.0894. The van der Waals surface area contributed by atoms with Crippen LogP contribution in [0.2, 0.25) is 0 Å². The van der Waals surface area contributed by atoms with Crippen molar-refractivity contribution in [2.24, 2.45) is 5.73 Å². The van der Waals surface area contributed by atoms with Gasteiger partial charge in [-0.15, -0.1) is 0 Å². The first-order valence-electron chi connectivity index (χ1n) is 3.60. The number of nitriles is 1. The van der Waals surface area contributed by atoms with Gasteiger partial charge in [-0.2, -0.15) is 18.4 Å². The van der Waals surface area contributed by atoms with Crippen molar-refractivity contribution in [3.63, 3.8) is 0 Å². The van der Waals surface area contributed by atoms with Gasteiger partial charge in [0.15, 0.2) is 0 Å². The Morgan fingerprint density at radius 3 is 2.62 bits per heavy atom. The molecule has 0 aromatic carbocycles. The minimum absolute atomic E-state index is 0.280. The standard InChI is InChI=1S/C8H7F3N2/c9-8(10,11)7-3-6(13)2-1-5(7)4-12/h1,3,6H,2,13H2/t6-/m0/s1. The molecule has 1 aliphatic carbocycles. The normalized spacial score (nSPS) is 23.2. The molecule has 0 unspecified atom stereocenters. The maximum absolute atomic E-state index is 12.2. The number of hydrogen-bond acceptors (Lipinski definition) is 2. The second-order valence-corrected chi connectivity index (χ2v) is 2.71. The summed E-state index contributed by atoms with van der Waals surface area (Å²) in [4.78, 5) is 0. The summed E-state index contributed by atoms with van der Waals surface area (Å²) in [7, 11) is 0. The van der Waals surface area contributed by atoms with Crippen LogP contribution in [0.25, 0.3) is 0 Å². The zero-order chi connectivity index (χ0) is 10.1. The van der Waals surface area contributed by atoms with Crippen molar-refractivity contribution in [2.45, 2.75) is 18.6 Å². The molecule has 0 aromatic rings. The first-order chi connectivity index (χ1) is 5.95. The summed E-state index contributed by atoms with van der Waals surface area (Å²) in [5, 5.41) is 8.41. The molecule has 0 fully saturated rings. The summed E-state index contributed by atoms with van der Waals surface area (Å²) in [6.45, 7) is 0. The number of allylic oxidation sites excluding steroid dienone is 2. The van der Waals surface area contributed by atoms with Gasteiger partial charge in [0.2, 0.25) is 0 Å². The van der Waals surface area contributed by atoms with Gasteiger partial charge in [-0.25, -0.2) is 0 Å². The monoisotopic (exact) mass is 188 g/mol. The van der Waals surface area contributed by atoms with Gasteiger partial charge in [-0.05, 0) is 6.42 Å². The molecule has 70 valence electrons. The molecule has 1 rings (SSSR count). The number of nitrogens with zero attached hydrogens (tertiary/aromatic N) is 1. The van der Waals surface area contributed by atoms with Gasteiger partial charge in [-0.1, -0.05) is 12.2 Å². The van der Waals surface area contributed by atoms with E-state index in [1.54, 1.807) is 0 Å². The molecule has 0 aromatic heterocycles. The summed E-state index contributed by atoms with van der Waals surface area (Å²) in [5.41, 5.74) is 4.05. The van der Waals surface area contributed by atoms with Crippen LogP contribution in [0.3, 0.4) is 0 Å². The lowest BCUT2D eigenvalue weighted by Gasteiger charge is -2.17. The SMILES string of the molecule is N#CC1=CC[C@H](N)C=C1C(F)(F)F. The number of hydrogen-bond donors (Lipinski definition) is 1. The molecule has 0 radical (unpaired) electrons. The predicted octanol–water partition coefficient (Wildman–Crippen LogP) is 1.66. The molecule has 0 heterocycles. The van der Waals surface area contributed by atoms with Gasteiger partial charge < -0.3 is 5.73 Å². The highest BCUT2D eigenvalue weighted by molar-refractivity contribution is 5.47. The molecule has 2 nitrogen and oxygen atoms in total. The van der Waals surface area contributed by atoms with E-state index in [1.165, 1.54) is 12.1 Å². The Hall–Kier alpha value is -1.28. The summed E-state index contributed by atoms with van der Waals surface area (Å²) < 4.78 is 36.7. The summed E-state index contributed by atoms with van der Waals surface area (Å²) >= 11 is 0. The molecule has 1 aliphatic rings. The quantitative estimate of drug-likeness (QED) is 0.628. The molecule has 0 saturated carbocycles. The fourth-order valence-corrected chi connectivity index (χ4v) is 1.09. The highest BCUT2D eigenvalue weighted by Gasteiger charge is 2.37. The van der Waals surface area contributed by atoms with Crippen molar-refractivity contribution >= 4 is 0 Å². The van der Waals surface area contributed by atoms with Crippen LogP contribution in [0, 0.1) is 11.3 Å². The maximum Gasteiger partial charge on any atom is 0.417 e. The molecule has 13 heavy (non-hydrogen) atoms. The van der Waals surface area contributed by atoms with Crippen molar-refractivity contribution in [1.82, 2.24) is 0 Å². The van der Waals surface area contributed by atoms with Crippen LogP contribution in [0.4, 0.5) is 13.2 Å². The number of nitrogens with two attached hydrogens (primary N) is 1. The Bertz CT molecular complexity index is 306. The zero-order valence-electron chi connectivity index (χ0n) is 6.60. The first-order valence-corrected chi connectivity index (χ1v) is 3.60. The number of alkyl halides is 3. The van der Waals surface area contributed by atoms with E-state index in [0.29, 0.717) is 0 Å². The van der Waals surface area contributed by atoms with E-state index in [2.05, 4.69) is 0 Å². The first kappa shape index (κ1) is 9.81. The van der Waals surface area contributed by atoms with Crippen molar-refractivity contribution in [1.29, 1.82) is 5.26 Å². The maximum atomic E-state index is 12.2. The molecule has 2 N–H and O–H groups in total. The average Bonchev–Trinajstić information content (AvgIpc) is 2.03. The third kappa shape index (κ3) is 2.10. The average molecular weight is 188 g/mol. The summed E-state index contributed by atoms with van der Waals surface area (Å²) in [6.07, 6.45) is -2.10. The topological polar surface area (TPSA) is 49.8 Å². The highest BCUT2D eigenvalue weighted by Crippen LogP contribution is 2.33. The fourth-order valence-electron chi connectivity index (χ4n) is 1.09. The number of rotatable bonds is 0. The number of halogens is 3. The Morgan fingerprint density at radius 1 is 1.54 bits per heavy atom. The van der Waals surface area contributed by atoms with Crippen LogP contribution >= 0.6 is 0 Å². The molecular formula is C8H7F3N2. The van der Waals surface area contributed by atoms with Crippen molar-refractivity contribution in [3.8, 4) is 6.07 Å². The third-order valence-electron chi connectivity index (χ3n) is 1.69. The largest absolute Gasteiger partial charge is 0.417 e. The van der Waals surface area contributed by atoms with Crippen LogP contribution < -0.4 is 5.73 Å². The second-order valence-electron chi connectivity index (χ2n) is 2.71. The van der Waals surface area contributed by atoms with Crippen LogP contribution in [-0.2, 0) is 0 Å². The summed E-state index contributed by atoms with van der Waals surface area (Å²) in [5.74, 6) is 0. The van der Waals surface area contributed by atoms with Gasteiger partial charge in [0, 0.05) is 6.04 Å². The Morgan fingerprint density at radius 2 is 2.15 bits per heavy atom. The lowest BCUT2D eigenvalue weighted by Crippen LogP contribution is -2.25. The molecule has 0 bridgehead atoms. The Kier molecular flexibility index (Phi) is 2.43. The highest BCUT2D eigenvalue weighted by atomic mass is 19.4. The minimum Gasteiger partial charge on any atom is -0.324 e. The molecule has 0 aliphatic heterocycles. The lowest BCUT2D eigenvalue weighted by atomic mass is 9.96. The van der Waals surface area contributed by atoms with Gasteiger partial charge in [-0.3, -0.25) is 0 Å². The Labute approximate surface area is 73.1 Å². The van der Waals surface area contributed by atoms with Crippen LogP contribution in [0.5, 0.6) is 0 Å². The second kappa shape index (κ2) is 3.23. The van der Waals surface area contributed by atoms with Gasteiger partial charge in [0.05, 0.1) is 17.2 Å². The van der Waals surface area contributed by atoms with Crippen molar-refractivity contribution < 1.29 is 13.2 Å². The van der Waals surface area contributed by atoms with Gasteiger partial charge in [0.1, 0.15) is 0 Å². The predicted molar refractivity (Wildman–Crippen MR) is 40.4 cm³/mol. The fraction of sp³-hybridized carbons (Fsp3) is 0.375. The van der Waals surface area contributed by atoms with Crippen LogP contribution in [-0.4, -0.2) is 12.2 Å². The Balaban J connectivity index is 3.05. The zero-order valence-corrected chi connectivity index (χ0v) is 6.60. The van der Waals surface area contributed by atoms with Crippen molar-refractivity contribution in [2.75, 3.05) is 0 Å². The molecule has 0 amide bonds. The van der Waals surface area contributed by atoms with Crippen LogP contribution in [0.15, 0.2) is 23.3 Å². The minimum atomic E-state index is -4.49. The van der Waals surface area contributed by atoms with Gasteiger partial charge in [0.25, 0.3) is 0 Å². The molecule has 1 atom stereocenters. The third-order valence-corrected chi connectivity index (χ3v) is 1.69. The molecular weight excluding hydrogens is 181 g/mol.